The first kappa shape index (κ1) is 26.4. The molecule has 1 aromatic carbocycles. The molecule has 1 aliphatic carbocycles. The van der Waals surface area contributed by atoms with Crippen LogP contribution in [-0.4, -0.2) is 66.1 Å². The Kier molecular flexibility index (Phi) is 6.36. The molecule has 2 amide bonds. The van der Waals surface area contributed by atoms with Crippen molar-refractivity contribution in [2.45, 2.75) is 44.6 Å². The minimum absolute atomic E-state index is 0.00354. The Morgan fingerprint density at radius 2 is 2.02 bits per heavy atom. The number of rotatable bonds is 6. The summed E-state index contributed by atoms with van der Waals surface area (Å²) in [5.41, 5.74) is 0.461. The fourth-order valence-corrected chi connectivity index (χ4v) is 7.60. The number of benzene rings is 1. The van der Waals surface area contributed by atoms with Crippen molar-refractivity contribution in [2.75, 3.05) is 23.0 Å². The Morgan fingerprint density at radius 3 is 2.65 bits per heavy atom. The fourth-order valence-electron chi connectivity index (χ4n) is 5.67. The smallest absolute Gasteiger partial charge is 0.414 e. The summed E-state index contributed by atoms with van der Waals surface area (Å²) in [4.78, 5) is 31.1. The molecule has 0 spiro atoms. The van der Waals surface area contributed by atoms with Crippen LogP contribution in [0, 0.1) is 17.7 Å². The lowest BCUT2D eigenvalue weighted by Gasteiger charge is -2.26. The highest BCUT2D eigenvalue weighted by molar-refractivity contribution is 7.85. The molecule has 11 nitrogen and oxygen atoms in total. The Hall–Kier alpha value is -3.87. The van der Waals surface area contributed by atoms with Gasteiger partial charge in [0.2, 0.25) is 0 Å². The Labute approximate surface area is 232 Å². The molecule has 1 N–H and O–H groups in total. The SMILES string of the molecule is CC(C)(C)OC(=O)NC1(c2ccc(-c3ccc(N4C[C@H](Cn5ccnn5)OC4=O)cc3F)cn2)[C@@H]2CS(=O)C[C@@H]21. The van der Waals surface area contributed by atoms with Gasteiger partial charge in [-0.25, -0.2) is 18.7 Å². The number of aromatic nitrogens is 4. The lowest BCUT2D eigenvalue weighted by molar-refractivity contribution is 0.0484. The van der Waals surface area contributed by atoms with E-state index in [-0.39, 0.29) is 18.4 Å². The highest BCUT2D eigenvalue weighted by Gasteiger charge is 2.71. The Morgan fingerprint density at radius 1 is 1.25 bits per heavy atom. The lowest BCUT2D eigenvalue weighted by atomic mass is 10.0. The van der Waals surface area contributed by atoms with Gasteiger partial charge in [0.25, 0.3) is 0 Å². The van der Waals surface area contributed by atoms with E-state index in [1.807, 2.05) is 0 Å². The highest BCUT2D eigenvalue weighted by Crippen LogP contribution is 2.61. The first-order valence-electron chi connectivity index (χ1n) is 13.0. The average Bonchev–Trinajstić information content (AvgIpc) is 3.38. The van der Waals surface area contributed by atoms with Gasteiger partial charge in [-0.05, 0) is 45.0 Å². The Bertz CT molecular complexity index is 1460. The molecule has 13 heteroatoms. The molecular weight excluding hydrogens is 539 g/mol. The van der Waals surface area contributed by atoms with Crippen LogP contribution in [0.4, 0.5) is 19.7 Å². The summed E-state index contributed by atoms with van der Waals surface area (Å²) in [5.74, 6) is 0.463. The number of carbonyl (C=O) groups excluding carboxylic acids is 2. The molecule has 2 saturated heterocycles. The third-order valence-electron chi connectivity index (χ3n) is 7.48. The van der Waals surface area contributed by atoms with Crippen LogP contribution < -0.4 is 10.2 Å². The number of cyclic esters (lactones) is 1. The second-order valence-electron chi connectivity index (χ2n) is 11.3. The molecule has 40 heavy (non-hydrogen) atoms. The maximum absolute atomic E-state index is 15.3. The number of carbonyl (C=O) groups is 2. The topological polar surface area (TPSA) is 129 Å². The van der Waals surface area contributed by atoms with Crippen LogP contribution in [0.2, 0.25) is 0 Å². The van der Waals surface area contributed by atoms with E-state index in [9.17, 15) is 13.8 Å². The number of nitrogens with zero attached hydrogens (tertiary/aromatic N) is 5. The van der Waals surface area contributed by atoms with Crippen LogP contribution in [0.25, 0.3) is 11.1 Å². The summed E-state index contributed by atoms with van der Waals surface area (Å²) in [6.45, 7) is 5.98. The second kappa shape index (κ2) is 9.65. The molecule has 0 radical (unpaired) electrons. The normalized spacial score (nSPS) is 27.3. The standard InChI is InChI=1S/C27H29FN6O5S/c1-26(2,3)39-24(35)31-27(20-14-40(37)15-21(20)27)23-7-4-16(11-29-23)19-6-5-17(10-22(19)28)34-13-18(38-25(34)36)12-33-9-8-30-32-33/h4-11,18,20-21H,12-15H2,1-3H3,(H,31,35)/t18-,20-,21+,27?,40?/m0/s1. The first-order valence-corrected chi connectivity index (χ1v) is 14.5. The van der Waals surface area contributed by atoms with E-state index in [2.05, 4.69) is 20.6 Å². The molecule has 3 fully saturated rings. The summed E-state index contributed by atoms with van der Waals surface area (Å²) in [7, 11) is -0.925. The first-order chi connectivity index (χ1) is 19.0. The molecule has 0 bridgehead atoms. The van der Waals surface area contributed by atoms with Gasteiger partial charge in [0.1, 0.15) is 17.5 Å². The van der Waals surface area contributed by atoms with Crippen molar-refractivity contribution in [2.24, 2.45) is 11.8 Å². The number of halogens is 1. The summed E-state index contributed by atoms with van der Waals surface area (Å²) < 4.78 is 39.8. The molecule has 6 rings (SSSR count). The average molecular weight is 569 g/mol. The van der Waals surface area contributed by atoms with Gasteiger partial charge in [0.15, 0.2) is 0 Å². The van der Waals surface area contributed by atoms with Crippen molar-refractivity contribution in [1.29, 1.82) is 0 Å². The number of ether oxygens (including phenoxy) is 2. The predicted octanol–water partition coefficient (Wildman–Crippen LogP) is 3.23. The summed E-state index contributed by atoms with van der Waals surface area (Å²) in [6, 6.07) is 8.09. The van der Waals surface area contributed by atoms with Gasteiger partial charge < -0.3 is 14.8 Å². The third kappa shape index (κ3) is 4.82. The zero-order chi connectivity index (χ0) is 28.2. The van der Waals surface area contributed by atoms with Crippen molar-refractivity contribution < 1.29 is 27.7 Å². The van der Waals surface area contributed by atoms with Crippen molar-refractivity contribution in [1.82, 2.24) is 25.3 Å². The number of hydrogen-bond donors (Lipinski definition) is 1. The van der Waals surface area contributed by atoms with Crippen molar-refractivity contribution in [3.8, 4) is 11.1 Å². The number of alkyl carbamates (subject to hydrolysis) is 1. The number of fused-ring (bicyclic) bond motifs is 1. The predicted molar refractivity (Wildman–Crippen MR) is 143 cm³/mol. The molecule has 2 aromatic heterocycles. The number of pyridine rings is 1. The van der Waals surface area contributed by atoms with Crippen molar-refractivity contribution in [3.05, 3.63) is 60.4 Å². The van der Waals surface area contributed by atoms with Crippen LogP contribution in [0.1, 0.15) is 26.5 Å². The Balaban J connectivity index is 1.19. The van der Waals surface area contributed by atoms with Crippen molar-refractivity contribution >= 4 is 28.7 Å². The molecule has 3 aromatic rings. The van der Waals surface area contributed by atoms with Crippen molar-refractivity contribution in [3.63, 3.8) is 0 Å². The third-order valence-corrected chi connectivity index (χ3v) is 8.95. The molecule has 5 atom stereocenters. The minimum Gasteiger partial charge on any atom is -0.444 e. The number of nitrogens with one attached hydrogen (secondary N) is 1. The maximum Gasteiger partial charge on any atom is 0.414 e. The van der Waals surface area contributed by atoms with E-state index in [1.165, 1.54) is 11.0 Å². The van der Waals surface area contributed by atoms with Gasteiger partial charge in [0.05, 0.1) is 36.2 Å². The van der Waals surface area contributed by atoms with Crippen LogP contribution in [-0.2, 0) is 32.4 Å². The van der Waals surface area contributed by atoms with Crippen LogP contribution in [0.3, 0.4) is 0 Å². The number of amides is 2. The van der Waals surface area contributed by atoms with Crippen LogP contribution in [0.5, 0.6) is 0 Å². The van der Waals surface area contributed by atoms with E-state index in [4.69, 9.17) is 9.47 Å². The van der Waals surface area contributed by atoms with Gasteiger partial charge in [-0.2, -0.15) is 0 Å². The summed E-state index contributed by atoms with van der Waals surface area (Å²) in [5, 5.41) is 10.6. The molecule has 1 saturated carbocycles. The van der Waals surface area contributed by atoms with E-state index in [1.54, 1.807) is 68.3 Å². The molecule has 4 heterocycles. The molecule has 3 aliphatic rings. The molecular formula is C27H29FN6O5S. The molecule has 2 unspecified atom stereocenters. The van der Waals surface area contributed by atoms with Gasteiger partial charge in [0, 0.05) is 57.7 Å². The van der Waals surface area contributed by atoms with Gasteiger partial charge in [-0.1, -0.05) is 11.3 Å². The second-order valence-corrected chi connectivity index (χ2v) is 12.9. The van der Waals surface area contributed by atoms with E-state index in [0.29, 0.717) is 40.6 Å². The quantitative estimate of drug-likeness (QED) is 0.480. The van der Waals surface area contributed by atoms with E-state index in [0.717, 1.165) is 0 Å². The monoisotopic (exact) mass is 568 g/mol. The maximum atomic E-state index is 15.3. The summed E-state index contributed by atoms with van der Waals surface area (Å²) >= 11 is 0. The van der Waals surface area contributed by atoms with Gasteiger partial charge >= 0.3 is 12.2 Å². The van der Waals surface area contributed by atoms with Gasteiger partial charge in [-0.3, -0.25) is 14.1 Å². The van der Waals surface area contributed by atoms with Crippen LogP contribution in [0.15, 0.2) is 48.9 Å². The minimum atomic E-state index is -0.925. The highest BCUT2D eigenvalue weighted by atomic mass is 32.2. The lowest BCUT2D eigenvalue weighted by Crippen LogP contribution is -2.43. The number of anilines is 1. The largest absolute Gasteiger partial charge is 0.444 e. The van der Waals surface area contributed by atoms with Crippen LogP contribution >= 0.6 is 0 Å². The summed E-state index contributed by atoms with van der Waals surface area (Å²) in [6.07, 6.45) is 3.24. The van der Waals surface area contributed by atoms with Gasteiger partial charge in [-0.15, -0.1) is 5.10 Å². The zero-order valence-electron chi connectivity index (χ0n) is 22.2. The molecule has 210 valence electrons. The van der Waals surface area contributed by atoms with E-state index < -0.39 is 46.0 Å². The molecule has 2 aliphatic heterocycles. The number of hydrogen-bond acceptors (Lipinski definition) is 8. The van der Waals surface area contributed by atoms with E-state index >= 15 is 4.39 Å². The fraction of sp³-hybridized carbons (Fsp3) is 0.444. The zero-order valence-corrected chi connectivity index (χ0v) is 23.1.